The summed E-state index contributed by atoms with van der Waals surface area (Å²) in [5, 5.41) is 0. The molecule has 1 aromatic rings. The third kappa shape index (κ3) is 3.39. The summed E-state index contributed by atoms with van der Waals surface area (Å²) in [7, 11) is -2.47. The van der Waals surface area contributed by atoms with E-state index in [9.17, 15) is 13.2 Å². The lowest BCUT2D eigenvalue weighted by molar-refractivity contribution is 0.0163. The molecule has 0 heterocycles. The van der Waals surface area contributed by atoms with Crippen LogP contribution in [0.15, 0.2) is 30.3 Å². The average Bonchev–Trinajstić information content (AvgIpc) is 2.67. The molecule has 5 heteroatoms. The molecule has 1 aliphatic rings. The molecule has 2 unspecified atom stereocenters. The normalized spacial score (nSPS) is 24.8. The molecule has 0 N–H and O–H groups in total. The third-order valence-electron chi connectivity index (χ3n) is 4.14. The van der Waals surface area contributed by atoms with Crippen LogP contribution in [0, 0.1) is 11.3 Å². The molecule has 1 fully saturated rings. The van der Waals surface area contributed by atoms with Gasteiger partial charge in [0.05, 0.1) is 11.3 Å². The van der Waals surface area contributed by atoms with E-state index in [4.69, 9.17) is 4.74 Å². The van der Waals surface area contributed by atoms with Crippen molar-refractivity contribution >= 4 is 16.7 Å². The number of hydrogen-bond acceptors (Lipinski definition) is 4. The zero-order chi connectivity index (χ0) is 14.8. The number of rotatable bonds is 4. The lowest BCUT2D eigenvalue weighted by atomic mass is 9.82. The van der Waals surface area contributed by atoms with Gasteiger partial charge in [0.1, 0.15) is 16.8 Å². The fraction of sp³-hybridized carbons (Fsp3) is 0.533. The summed E-state index contributed by atoms with van der Waals surface area (Å²) in [6.07, 6.45) is 1.28. The van der Waals surface area contributed by atoms with E-state index in [0.29, 0.717) is 5.56 Å². The summed E-state index contributed by atoms with van der Waals surface area (Å²) >= 11 is 0. The van der Waals surface area contributed by atoms with Gasteiger partial charge in [0.25, 0.3) is 0 Å². The van der Waals surface area contributed by atoms with Crippen LogP contribution in [0.2, 0.25) is 0 Å². The van der Waals surface area contributed by atoms with E-state index in [1.807, 2.05) is 19.9 Å². The van der Waals surface area contributed by atoms with Gasteiger partial charge in [-0.2, -0.15) is 0 Å². The highest BCUT2D eigenvalue weighted by atomic mass is 32.2. The Labute approximate surface area is 121 Å². The minimum absolute atomic E-state index is 0.0784. The molecule has 1 aromatic carbocycles. The second-order valence-electron chi connectivity index (χ2n) is 5.96. The van der Waals surface area contributed by atoms with Gasteiger partial charge in [0.2, 0.25) is 0 Å². The van der Waals surface area contributed by atoms with Crippen LogP contribution in [0.25, 0.3) is 0 Å². The highest BCUT2D eigenvalue weighted by Crippen LogP contribution is 2.44. The first kappa shape index (κ1) is 15.0. The molecule has 20 heavy (non-hydrogen) atoms. The molecule has 0 radical (unpaired) electrons. The zero-order valence-corrected chi connectivity index (χ0v) is 12.6. The van der Waals surface area contributed by atoms with E-state index in [2.05, 4.69) is 0 Å². The quantitative estimate of drug-likeness (QED) is 0.684. The van der Waals surface area contributed by atoms with Crippen molar-refractivity contribution in [2.24, 2.45) is 11.3 Å². The van der Waals surface area contributed by atoms with Crippen LogP contribution in [0.1, 0.15) is 37.0 Å². The van der Waals surface area contributed by atoms with Crippen LogP contribution < -0.4 is 0 Å². The van der Waals surface area contributed by atoms with Crippen LogP contribution in [0.5, 0.6) is 0 Å². The van der Waals surface area contributed by atoms with Crippen LogP contribution in [-0.2, 0) is 15.4 Å². The van der Waals surface area contributed by atoms with Crippen molar-refractivity contribution in [3.05, 3.63) is 35.9 Å². The largest absolute Gasteiger partial charge is 0.458 e. The van der Waals surface area contributed by atoms with Crippen molar-refractivity contribution in [1.29, 1.82) is 0 Å². The Hall–Kier alpha value is -1.36. The fourth-order valence-electron chi connectivity index (χ4n) is 2.85. The lowest BCUT2D eigenvalue weighted by Crippen LogP contribution is -2.32. The predicted octanol–water partition coefficient (Wildman–Crippen LogP) is 2.26. The third-order valence-corrected chi connectivity index (χ3v) is 4.83. The van der Waals surface area contributed by atoms with Crippen LogP contribution in [0.3, 0.4) is 0 Å². The number of hydrogen-bond donors (Lipinski definition) is 1. The summed E-state index contributed by atoms with van der Waals surface area (Å²) < 4.78 is 27.6. The van der Waals surface area contributed by atoms with Gasteiger partial charge in [-0.05, 0) is 30.4 Å². The first-order chi connectivity index (χ1) is 9.40. The van der Waals surface area contributed by atoms with E-state index in [0.717, 1.165) is 12.8 Å². The zero-order valence-electron chi connectivity index (χ0n) is 11.7. The van der Waals surface area contributed by atoms with Gasteiger partial charge in [-0.3, -0.25) is 0 Å². The topological polar surface area (TPSA) is 60.4 Å². The Kier molecular flexibility index (Phi) is 4.48. The summed E-state index contributed by atoms with van der Waals surface area (Å²) in [5.41, 5.74) is 0.388. The number of benzene rings is 1. The van der Waals surface area contributed by atoms with E-state index in [1.54, 1.807) is 24.3 Å². The smallest absolute Gasteiger partial charge is 0.338 e. The van der Waals surface area contributed by atoms with E-state index in [-0.39, 0.29) is 29.2 Å². The molecule has 0 bridgehead atoms. The molecule has 2 rings (SSSR count). The molecule has 0 saturated heterocycles. The summed E-state index contributed by atoms with van der Waals surface area (Å²) in [5.74, 6) is -0.426. The average molecular weight is 296 g/mol. The van der Waals surface area contributed by atoms with Gasteiger partial charge < -0.3 is 4.74 Å². The SMILES string of the molecule is CC1(C)CCC(OC(=O)c2ccccc2)C1C[SH](=O)=O. The maximum Gasteiger partial charge on any atom is 0.338 e. The Balaban J connectivity index is 2.10. The molecule has 110 valence electrons. The van der Waals surface area contributed by atoms with E-state index >= 15 is 0 Å². The van der Waals surface area contributed by atoms with Gasteiger partial charge in [-0.1, -0.05) is 32.0 Å². The first-order valence-corrected chi connectivity index (χ1v) is 8.14. The molecule has 2 atom stereocenters. The molecule has 4 nitrogen and oxygen atoms in total. The van der Waals surface area contributed by atoms with Crippen molar-refractivity contribution in [2.45, 2.75) is 32.8 Å². The highest BCUT2D eigenvalue weighted by molar-refractivity contribution is 7.72. The monoisotopic (exact) mass is 296 g/mol. The molecular formula is C15H20O4S. The summed E-state index contributed by atoms with van der Waals surface area (Å²) in [6, 6.07) is 8.79. The Bertz CT molecular complexity index is 540. The molecule has 0 amide bonds. The molecule has 0 aromatic heterocycles. The highest BCUT2D eigenvalue weighted by Gasteiger charge is 2.44. The second-order valence-corrected chi connectivity index (χ2v) is 6.99. The molecule has 1 aliphatic carbocycles. The summed E-state index contributed by atoms with van der Waals surface area (Å²) in [6.45, 7) is 4.07. The van der Waals surface area contributed by atoms with Crippen molar-refractivity contribution in [3.8, 4) is 0 Å². The fourth-order valence-corrected chi connectivity index (χ4v) is 3.90. The standard InChI is InChI=1S/C15H20O4S/c1-15(2)9-8-13(12(15)10-20(17)18)19-14(16)11-6-4-3-5-7-11/h3-7,12-13,20H,8-10H2,1-2H3. The van der Waals surface area contributed by atoms with Gasteiger partial charge in [0.15, 0.2) is 0 Å². The minimum Gasteiger partial charge on any atom is -0.458 e. The van der Waals surface area contributed by atoms with Gasteiger partial charge in [-0.25, -0.2) is 13.2 Å². The van der Waals surface area contributed by atoms with Crippen LogP contribution >= 0.6 is 0 Å². The maximum atomic E-state index is 12.1. The van der Waals surface area contributed by atoms with Crippen molar-refractivity contribution < 1.29 is 17.9 Å². The number of esters is 1. The molecular weight excluding hydrogens is 276 g/mol. The van der Waals surface area contributed by atoms with Gasteiger partial charge in [-0.15, -0.1) is 0 Å². The number of carbonyl (C=O) groups is 1. The minimum atomic E-state index is -2.47. The Morgan fingerprint density at radius 1 is 1.30 bits per heavy atom. The summed E-state index contributed by atoms with van der Waals surface area (Å²) in [4.78, 5) is 12.1. The van der Waals surface area contributed by atoms with Crippen LogP contribution in [-0.4, -0.2) is 26.2 Å². The van der Waals surface area contributed by atoms with E-state index < -0.39 is 10.7 Å². The van der Waals surface area contributed by atoms with Crippen molar-refractivity contribution in [2.75, 3.05) is 5.75 Å². The van der Waals surface area contributed by atoms with Gasteiger partial charge >= 0.3 is 5.97 Å². The lowest BCUT2D eigenvalue weighted by Gasteiger charge is -2.28. The van der Waals surface area contributed by atoms with Crippen molar-refractivity contribution in [1.82, 2.24) is 0 Å². The number of thiol groups is 1. The number of carbonyl (C=O) groups excluding carboxylic acids is 1. The van der Waals surface area contributed by atoms with E-state index in [1.165, 1.54) is 0 Å². The maximum absolute atomic E-state index is 12.1. The predicted molar refractivity (Wildman–Crippen MR) is 77.3 cm³/mol. The van der Waals surface area contributed by atoms with Gasteiger partial charge in [0, 0.05) is 5.92 Å². The molecule has 0 aliphatic heterocycles. The Morgan fingerprint density at radius 3 is 2.55 bits per heavy atom. The Morgan fingerprint density at radius 2 is 1.95 bits per heavy atom. The van der Waals surface area contributed by atoms with Crippen LogP contribution in [0.4, 0.5) is 0 Å². The second kappa shape index (κ2) is 5.95. The van der Waals surface area contributed by atoms with Crippen molar-refractivity contribution in [3.63, 3.8) is 0 Å². The molecule has 0 spiro atoms. The first-order valence-electron chi connectivity index (χ1n) is 6.78. The number of ether oxygens (including phenoxy) is 1. The molecule has 1 saturated carbocycles.